The van der Waals surface area contributed by atoms with Crippen LogP contribution in [-0.4, -0.2) is 29.9 Å². The van der Waals surface area contributed by atoms with Crippen molar-refractivity contribution in [2.75, 3.05) is 6.26 Å². The van der Waals surface area contributed by atoms with Crippen LogP contribution in [-0.2, 0) is 22.7 Å². The maximum absolute atomic E-state index is 11.5. The van der Waals surface area contributed by atoms with E-state index in [1.165, 1.54) is 11.1 Å². The molecule has 0 bridgehead atoms. The molecule has 118 valence electrons. The lowest BCUT2D eigenvalue weighted by Crippen LogP contribution is -2.00. The molecule has 0 spiro atoms. The SMILES string of the molecule is CS(=O)(=O)c1ccc(-c2nncc(CCc3cccs3)n2)cc1. The third-order valence-electron chi connectivity index (χ3n) is 3.36. The van der Waals surface area contributed by atoms with Crippen LogP contribution in [0.1, 0.15) is 10.6 Å². The van der Waals surface area contributed by atoms with Crippen LogP contribution in [0, 0.1) is 0 Å². The third kappa shape index (κ3) is 4.00. The lowest BCUT2D eigenvalue weighted by molar-refractivity contribution is 0.602. The van der Waals surface area contributed by atoms with E-state index >= 15 is 0 Å². The second-order valence-corrected chi connectivity index (χ2v) is 8.20. The summed E-state index contributed by atoms with van der Waals surface area (Å²) in [5.74, 6) is 0.508. The molecule has 0 amide bonds. The summed E-state index contributed by atoms with van der Waals surface area (Å²) >= 11 is 1.73. The van der Waals surface area contributed by atoms with Crippen LogP contribution < -0.4 is 0 Å². The molecule has 0 saturated heterocycles. The summed E-state index contributed by atoms with van der Waals surface area (Å²) in [6, 6.07) is 10.7. The molecular weight excluding hydrogens is 330 g/mol. The normalized spacial score (nSPS) is 11.5. The predicted octanol–water partition coefficient (Wildman–Crippen LogP) is 2.79. The fourth-order valence-corrected chi connectivity index (χ4v) is 3.48. The molecule has 2 heterocycles. The summed E-state index contributed by atoms with van der Waals surface area (Å²) in [4.78, 5) is 6.10. The molecule has 3 rings (SSSR count). The number of aromatic nitrogens is 3. The first kappa shape index (κ1) is 15.8. The van der Waals surface area contributed by atoms with Crippen LogP contribution in [0.25, 0.3) is 11.4 Å². The van der Waals surface area contributed by atoms with Crippen molar-refractivity contribution in [3.8, 4) is 11.4 Å². The number of nitrogens with zero attached hydrogens (tertiary/aromatic N) is 3. The lowest BCUT2D eigenvalue weighted by atomic mass is 10.2. The molecule has 0 N–H and O–H groups in total. The van der Waals surface area contributed by atoms with Gasteiger partial charge in [-0.05, 0) is 48.6 Å². The largest absolute Gasteiger partial charge is 0.230 e. The Labute approximate surface area is 139 Å². The van der Waals surface area contributed by atoms with Crippen molar-refractivity contribution in [1.29, 1.82) is 0 Å². The summed E-state index contributed by atoms with van der Waals surface area (Å²) in [5.41, 5.74) is 1.62. The predicted molar refractivity (Wildman–Crippen MR) is 90.1 cm³/mol. The molecule has 0 fully saturated rings. The Morgan fingerprint density at radius 2 is 1.87 bits per heavy atom. The number of aryl methyl sites for hydroxylation is 2. The third-order valence-corrected chi connectivity index (χ3v) is 5.42. The zero-order valence-corrected chi connectivity index (χ0v) is 14.1. The van der Waals surface area contributed by atoms with Crippen LogP contribution in [0.15, 0.2) is 52.9 Å². The van der Waals surface area contributed by atoms with Crippen LogP contribution in [0.3, 0.4) is 0 Å². The van der Waals surface area contributed by atoms with Crippen molar-refractivity contribution < 1.29 is 8.42 Å². The van der Waals surface area contributed by atoms with Crippen molar-refractivity contribution in [1.82, 2.24) is 15.2 Å². The Hall–Kier alpha value is -2.12. The first-order chi connectivity index (χ1) is 11.0. The molecule has 0 atom stereocenters. The van der Waals surface area contributed by atoms with E-state index in [-0.39, 0.29) is 4.90 Å². The first-order valence-corrected chi connectivity index (χ1v) is 9.81. The fourth-order valence-electron chi connectivity index (χ4n) is 2.14. The van der Waals surface area contributed by atoms with E-state index in [4.69, 9.17) is 0 Å². The van der Waals surface area contributed by atoms with Crippen molar-refractivity contribution in [3.63, 3.8) is 0 Å². The van der Waals surface area contributed by atoms with Gasteiger partial charge in [0.1, 0.15) is 0 Å². The molecule has 7 heteroatoms. The van der Waals surface area contributed by atoms with Gasteiger partial charge in [-0.1, -0.05) is 6.07 Å². The van der Waals surface area contributed by atoms with Gasteiger partial charge in [0.25, 0.3) is 0 Å². The molecule has 0 aliphatic rings. The zero-order valence-electron chi connectivity index (χ0n) is 12.5. The Kier molecular flexibility index (Phi) is 4.49. The standard InChI is InChI=1S/C16H15N3O2S2/c1-23(20,21)15-8-4-12(5-9-15)16-18-13(11-17-19-16)6-7-14-3-2-10-22-14/h2-5,8-11H,6-7H2,1H3. The van der Waals surface area contributed by atoms with Gasteiger partial charge in [-0.25, -0.2) is 13.4 Å². The van der Waals surface area contributed by atoms with E-state index in [1.807, 2.05) is 6.07 Å². The summed E-state index contributed by atoms with van der Waals surface area (Å²) in [6.07, 6.45) is 4.57. The Morgan fingerprint density at radius 1 is 1.09 bits per heavy atom. The molecule has 0 radical (unpaired) electrons. The highest BCUT2D eigenvalue weighted by molar-refractivity contribution is 7.90. The summed E-state index contributed by atoms with van der Waals surface area (Å²) in [5, 5.41) is 10.1. The van der Waals surface area contributed by atoms with Crippen molar-refractivity contribution in [2.24, 2.45) is 0 Å². The van der Waals surface area contributed by atoms with Gasteiger partial charge >= 0.3 is 0 Å². The Morgan fingerprint density at radius 3 is 2.52 bits per heavy atom. The summed E-state index contributed by atoms with van der Waals surface area (Å²) in [6.45, 7) is 0. The number of sulfone groups is 1. The minimum Gasteiger partial charge on any atom is -0.230 e. The van der Waals surface area contributed by atoms with Crippen LogP contribution >= 0.6 is 11.3 Å². The maximum Gasteiger partial charge on any atom is 0.181 e. The minimum atomic E-state index is -3.20. The minimum absolute atomic E-state index is 0.281. The number of rotatable bonds is 5. The van der Waals surface area contributed by atoms with Crippen molar-refractivity contribution in [2.45, 2.75) is 17.7 Å². The van der Waals surface area contributed by atoms with Gasteiger partial charge in [0.2, 0.25) is 0 Å². The molecule has 0 aliphatic heterocycles. The molecule has 23 heavy (non-hydrogen) atoms. The van der Waals surface area contributed by atoms with Crippen LogP contribution in [0.4, 0.5) is 0 Å². The van der Waals surface area contributed by atoms with Gasteiger partial charge in [0.15, 0.2) is 15.7 Å². The molecule has 0 aliphatic carbocycles. The van der Waals surface area contributed by atoms with Gasteiger partial charge in [-0.2, -0.15) is 5.10 Å². The monoisotopic (exact) mass is 345 g/mol. The average molecular weight is 345 g/mol. The van der Waals surface area contributed by atoms with E-state index in [0.717, 1.165) is 24.1 Å². The van der Waals surface area contributed by atoms with Gasteiger partial charge in [-0.15, -0.1) is 16.4 Å². The molecule has 0 saturated carbocycles. The Bertz CT molecular complexity index is 889. The first-order valence-electron chi connectivity index (χ1n) is 7.04. The van der Waals surface area contributed by atoms with Crippen LogP contribution in [0.5, 0.6) is 0 Å². The molecule has 0 unspecified atom stereocenters. The number of hydrogen-bond donors (Lipinski definition) is 0. The molecule has 1 aromatic carbocycles. The molecule has 5 nitrogen and oxygen atoms in total. The van der Waals surface area contributed by atoms with Gasteiger partial charge in [-0.3, -0.25) is 0 Å². The average Bonchev–Trinajstić information content (AvgIpc) is 3.06. The molecule has 3 aromatic rings. The highest BCUT2D eigenvalue weighted by atomic mass is 32.2. The second-order valence-electron chi connectivity index (χ2n) is 5.15. The highest BCUT2D eigenvalue weighted by Gasteiger charge is 2.09. The molecule has 2 aromatic heterocycles. The maximum atomic E-state index is 11.5. The summed E-state index contributed by atoms with van der Waals surface area (Å²) in [7, 11) is -3.20. The molecular formula is C16H15N3O2S2. The van der Waals surface area contributed by atoms with Crippen molar-refractivity contribution in [3.05, 3.63) is 58.5 Å². The van der Waals surface area contributed by atoms with Gasteiger partial charge < -0.3 is 0 Å². The summed E-state index contributed by atoms with van der Waals surface area (Å²) < 4.78 is 23.0. The lowest BCUT2D eigenvalue weighted by Gasteiger charge is -2.04. The van der Waals surface area contributed by atoms with E-state index in [9.17, 15) is 8.42 Å². The number of benzene rings is 1. The smallest absolute Gasteiger partial charge is 0.181 e. The van der Waals surface area contributed by atoms with Crippen LogP contribution in [0.2, 0.25) is 0 Å². The Balaban J connectivity index is 1.79. The number of hydrogen-bond acceptors (Lipinski definition) is 6. The highest BCUT2D eigenvalue weighted by Crippen LogP contribution is 2.18. The van der Waals surface area contributed by atoms with E-state index in [2.05, 4.69) is 26.6 Å². The van der Waals surface area contributed by atoms with Gasteiger partial charge in [0, 0.05) is 16.7 Å². The van der Waals surface area contributed by atoms with Gasteiger partial charge in [0.05, 0.1) is 16.8 Å². The van der Waals surface area contributed by atoms with E-state index < -0.39 is 9.84 Å². The van der Waals surface area contributed by atoms with E-state index in [1.54, 1.807) is 41.8 Å². The fraction of sp³-hybridized carbons (Fsp3) is 0.188. The van der Waals surface area contributed by atoms with Crippen molar-refractivity contribution >= 4 is 21.2 Å². The zero-order chi connectivity index (χ0) is 16.3. The van der Waals surface area contributed by atoms with E-state index in [0.29, 0.717) is 5.82 Å². The number of thiophene rings is 1. The topological polar surface area (TPSA) is 72.8 Å². The quantitative estimate of drug-likeness (QED) is 0.711. The second kappa shape index (κ2) is 6.55.